The zero-order chi connectivity index (χ0) is 17.9. The second kappa shape index (κ2) is 7.15. The average Bonchev–Trinajstić information content (AvgIpc) is 3.24. The number of ether oxygens (including phenoxy) is 1. The molecule has 25 heavy (non-hydrogen) atoms. The van der Waals surface area contributed by atoms with Gasteiger partial charge in [0.1, 0.15) is 11.5 Å². The molecular formula is C20H25N3O2. The van der Waals surface area contributed by atoms with E-state index in [1.54, 1.807) is 13.4 Å². The van der Waals surface area contributed by atoms with E-state index in [1.165, 1.54) is 0 Å². The molecule has 0 unspecified atom stereocenters. The first kappa shape index (κ1) is 17.3. The molecule has 0 fully saturated rings. The van der Waals surface area contributed by atoms with E-state index in [4.69, 9.17) is 14.3 Å². The Morgan fingerprint density at radius 2 is 2.00 bits per heavy atom. The topological polar surface area (TPSA) is 52.2 Å². The second-order valence-corrected chi connectivity index (χ2v) is 7.03. The molecular weight excluding hydrogens is 314 g/mol. The number of aromatic nitrogens is 2. The first-order chi connectivity index (χ1) is 12.0. The van der Waals surface area contributed by atoms with Crippen LogP contribution in [-0.4, -0.2) is 16.9 Å². The minimum Gasteiger partial charge on any atom is -0.497 e. The minimum atomic E-state index is -0.0765. The fourth-order valence-electron chi connectivity index (χ4n) is 2.63. The Morgan fingerprint density at radius 3 is 2.68 bits per heavy atom. The molecule has 1 aromatic carbocycles. The lowest BCUT2D eigenvalue weighted by atomic mass is 10.1. The van der Waals surface area contributed by atoms with Crippen molar-refractivity contribution in [3.63, 3.8) is 0 Å². The summed E-state index contributed by atoms with van der Waals surface area (Å²) in [7, 11) is 1.68. The van der Waals surface area contributed by atoms with Crippen molar-refractivity contribution in [1.29, 1.82) is 0 Å². The number of hydrogen-bond donors (Lipinski definition) is 1. The highest BCUT2D eigenvalue weighted by Gasteiger charge is 2.19. The van der Waals surface area contributed by atoms with Crippen molar-refractivity contribution in [2.45, 2.75) is 39.4 Å². The highest BCUT2D eigenvalue weighted by Crippen LogP contribution is 2.28. The van der Waals surface area contributed by atoms with Crippen LogP contribution in [0.4, 0.5) is 0 Å². The van der Waals surface area contributed by atoms with Crippen LogP contribution >= 0.6 is 0 Å². The summed E-state index contributed by atoms with van der Waals surface area (Å²) in [6.45, 7) is 7.84. The zero-order valence-corrected chi connectivity index (χ0v) is 15.2. The molecule has 0 bridgehead atoms. The van der Waals surface area contributed by atoms with Crippen molar-refractivity contribution in [3.8, 4) is 17.0 Å². The minimum absolute atomic E-state index is 0.0765. The van der Waals surface area contributed by atoms with Gasteiger partial charge in [0, 0.05) is 23.9 Å². The van der Waals surface area contributed by atoms with Crippen LogP contribution in [-0.2, 0) is 18.6 Å². The molecule has 0 spiro atoms. The van der Waals surface area contributed by atoms with Crippen molar-refractivity contribution < 1.29 is 9.15 Å². The lowest BCUT2D eigenvalue weighted by Crippen LogP contribution is -2.22. The summed E-state index contributed by atoms with van der Waals surface area (Å²) in [5.74, 6) is 1.75. The van der Waals surface area contributed by atoms with E-state index in [2.05, 4.69) is 38.4 Å². The summed E-state index contributed by atoms with van der Waals surface area (Å²) in [6.07, 6.45) is 3.81. The van der Waals surface area contributed by atoms with Gasteiger partial charge in [0.15, 0.2) is 0 Å². The normalized spacial score (nSPS) is 11.7. The van der Waals surface area contributed by atoms with Crippen molar-refractivity contribution in [2.75, 3.05) is 7.11 Å². The lowest BCUT2D eigenvalue weighted by Gasteiger charge is -2.18. The predicted molar refractivity (Wildman–Crippen MR) is 98.5 cm³/mol. The Kier molecular flexibility index (Phi) is 4.95. The van der Waals surface area contributed by atoms with E-state index in [0.717, 1.165) is 28.3 Å². The van der Waals surface area contributed by atoms with Gasteiger partial charge in [-0.3, -0.25) is 4.68 Å². The molecule has 132 valence electrons. The highest BCUT2D eigenvalue weighted by atomic mass is 16.5. The van der Waals surface area contributed by atoms with Gasteiger partial charge in [0.05, 0.1) is 31.2 Å². The molecule has 5 nitrogen and oxygen atoms in total. The summed E-state index contributed by atoms with van der Waals surface area (Å²) in [6, 6.07) is 11.9. The van der Waals surface area contributed by atoms with Crippen LogP contribution in [0.1, 0.15) is 32.1 Å². The number of benzene rings is 1. The molecule has 5 heteroatoms. The van der Waals surface area contributed by atoms with Gasteiger partial charge in [-0.05, 0) is 45.0 Å². The SMILES string of the molecule is COc1cccc(-c2nn(C(C)(C)C)cc2CNCc2ccco2)c1. The Morgan fingerprint density at radius 1 is 1.16 bits per heavy atom. The maximum absolute atomic E-state index is 5.38. The summed E-state index contributed by atoms with van der Waals surface area (Å²) in [5.41, 5.74) is 3.10. The number of nitrogens with zero attached hydrogens (tertiary/aromatic N) is 2. The molecule has 2 heterocycles. The first-order valence-corrected chi connectivity index (χ1v) is 8.44. The van der Waals surface area contributed by atoms with Crippen LogP contribution < -0.4 is 10.1 Å². The van der Waals surface area contributed by atoms with Gasteiger partial charge >= 0.3 is 0 Å². The van der Waals surface area contributed by atoms with Crippen LogP contribution in [0.25, 0.3) is 11.3 Å². The molecule has 0 aliphatic carbocycles. The molecule has 0 saturated carbocycles. The van der Waals surface area contributed by atoms with Gasteiger partial charge in [-0.25, -0.2) is 0 Å². The van der Waals surface area contributed by atoms with E-state index >= 15 is 0 Å². The summed E-state index contributed by atoms with van der Waals surface area (Å²) >= 11 is 0. The molecule has 3 aromatic rings. The predicted octanol–water partition coefficient (Wildman–Crippen LogP) is 4.20. The van der Waals surface area contributed by atoms with Crippen molar-refractivity contribution >= 4 is 0 Å². The van der Waals surface area contributed by atoms with E-state index in [9.17, 15) is 0 Å². The van der Waals surface area contributed by atoms with Gasteiger partial charge in [0.25, 0.3) is 0 Å². The van der Waals surface area contributed by atoms with Crippen LogP contribution in [0.2, 0.25) is 0 Å². The van der Waals surface area contributed by atoms with Crippen molar-refractivity contribution in [3.05, 3.63) is 60.2 Å². The zero-order valence-electron chi connectivity index (χ0n) is 15.2. The second-order valence-electron chi connectivity index (χ2n) is 7.03. The van der Waals surface area contributed by atoms with Gasteiger partial charge in [-0.15, -0.1) is 0 Å². The average molecular weight is 339 g/mol. The third-order valence-electron chi connectivity index (χ3n) is 4.02. The van der Waals surface area contributed by atoms with Gasteiger partial charge < -0.3 is 14.5 Å². The summed E-state index contributed by atoms with van der Waals surface area (Å²) in [5, 5.41) is 8.27. The fourth-order valence-corrected chi connectivity index (χ4v) is 2.63. The largest absolute Gasteiger partial charge is 0.497 e. The quantitative estimate of drug-likeness (QED) is 0.731. The molecule has 0 amide bonds. The summed E-state index contributed by atoms with van der Waals surface area (Å²) < 4.78 is 12.8. The molecule has 0 saturated heterocycles. The highest BCUT2D eigenvalue weighted by molar-refractivity contribution is 5.64. The van der Waals surface area contributed by atoms with Crippen LogP contribution in [0.5, 0.6) is 5.75 Å². The number of furan rings is 1. The van der Waals surface area contributed by atoms with Crippen LogP contribution in [0.3, 0.4) is 0 Å². The number of hydrogen-bond acceptors (Lipinski definition) is 4. The first-order valence-electron chi connectivity index (χ1n) is 8.44. The Labute approximate surface area is 148 Å². The molecule has 1 N–H and O–H groups in total. The smallest absolute Gasteiger partial charge is 0.119 e. The monoisotopic (exact) mass is 339 g/mol. The van der Waals surface area contributed by atoms with Crippen LogP contribution in [0.15, 0.2) is 53.3 Å². The van der Waals surface area contributed by atoms with Crippen LogP contribution in [0, 0.1) is 0 Å². The Balaban J connectivity index is 1.87. The van der Waals surface area contributed by atoms with E-state index in [0.29, 0.717) is 13.1 Å². The van der Waals surface area contributed by atoms with Gasteiger partial charge in [-0.2, -0.15) is 5.10 Å². The Hall–Kier alpha value is -2.53. The maximum Gasteiger partial charge on any atom is 0.119 e. The van der Waals surface area contributed by atoms with Gasteiger partial charge in [-0.1, -0.05) is 12.1 Å². The van der Waals surface area contributed by atoms with E-state index in [1.807, 2.05) is 35.0 Å². The molecule has 0 aliphatic rings. The fraction of sp³-hybridized carbons (Fsp3) is 0.350. The molecule has 3 rings (SSSR count). The third-order valence-corrected chi connectivity index (χ3v) is 4.02. The molecule has 2 aromatic heterocycles. The standard InChI is InChI=1S/C20H25N3O2/c1-20(2,3)23-14-16(12-21-13-18-9-6-10-25-18)19(22-23)15-7-5-8-17(11-15)24-4/h5-11,14,21H,12-13H2,1-4H3. The molecule has 0 radical (unpaired) electrons. The van der Waals surface area contributed by atoms with E-state index in [-0.39, 0.29) is 5.54 Å². The third kappa shape index (κ3) is 4.12. The maximum atomic E-state index is 5.38. The summed E-state index contributed by atoms with van der Waals surface area (Å²) in [4.78, 5) is 0. The molecule has 0 atom stereocenters. The number of methoxy groups -OCH3 is 1. The molecule has 0 aliphatic heterocycles. The number of rotatable bonds is 6. The van der Waals surface area contributed by atoms with E-state index < -0.39 is 0 Å². The Bertz CT molecular complexity index is 814. The van der Waals surface area contributed by atoms with Crippen molar-refractivity contribution in [2.24, 2.45) is 0 Å². The number of nitrogens with one attached hydrogen (secondary N) is 1. The van der Waals surface area contributed by atoms with Crippen molar-refractivity contribution in [1.82, 2.24) is 15.1 Å². The van der Waals surface area contributed by atoms with Gasteiger partial charge in [0.2, 0.25) is 0 Å². The lowest BCUT2D eigenvalue weighted by molar-refractivity contribution is 0.356.